The van der Waals surface area contributed by atoms with E-state index in [1.165, 1.54) is 33.1 Å². The molecule has 8 rings (SSSR count). The summed E-state index contributed by atoms with van der Waals surface area (Å²) in [5, 5.41) is 7.36. The molecule has 0 radical (unpaired) electrons. The van der Waals surface area contributed by atoms with Gasteiger partial charge in [-0.25, -0.2) is 10.4 Å². The first-order chi connectivity index (χ1) is 26.9. The summed E-state index contributed by atoms with van der Waals surface area (Å²) >= 11 is 1.50. The molecule has 3 aliphatic heterocycles. The lowest BCUT2D eigenvalue weighted by atomic mass is 9.82. The summed E-state index contributed by atoms with van der Waals surface area (Å²) in [7, 11) is 3.90. The molecule has 12 nitrogen and oxygen atoms in total. The number of allylic oxidation sites excluding steroid dienone is 2. The molecule has 13 heteroatoms. The number of ether oxygens (including phenoxy) is 2. The molecule has 1 saturated carbocycles. The van der Waals surface area contributed by atoms with Crippen LogP contribution in [0.15, 0.2) is 35.8 Å². The van der Waals surface area contributed by atoms with Crippen molar-refractivity contribution in [2.45, 2.75) is 84.4 Å². The number of carbonyl (C=O) groups is 3. The van der Waals surface area contributed by atoms with Crippen molar-refractivity contribution in [1.82, 2.24) is 30.6 Å². The highest BCUT2D eigenvalue weighted by Gasteiger charge is 2.42. The minimum atomic E-state index is -0.814. The maximum atomic E-state index is 14.1. The molecule has 6 bridgehead atoms. The molecule has 2 aromatic heterocycles. The number of anilines is 1. The van der Waals surface area contributed by atoms with Crippen molar-refractivity contribution < 1.29 is 23.9 Å². The zero-order valence-electron chi connectivity index (χ0n) is 33.5. The van der Waals surface area contributed by atoms with Crippen LogP contribution in [0.1, 0.15) is 86.9 Å². The third kappa shape index (κ3) is 8.00. The van der Waals surface area contributed by atoms with Crippen molar-refractivity contribution >= 4 is 46.0 Å². The Morgan fingerprint density at radius 2 is 1.89 bits per heavy atom. The largest absolute Gasteiger partial charge is 0.464 e. The van der Waals surface area contributed by atoms with Gasteiger partial charge in [-0.3, -0.25) is 24.4 Å². The van der Waals surface area contributed by atoms with Crippen LogP contribution in [0.25, 0.3) is 22.4 Å². The van der Waals surface area contributed by atoms with E-state index in [0.29, 0.717) is 31.7 Å². The maximum absolute atomic E-state index is 14.1. The highest BCUT2D eigenvalue weighted by atomic mass is 32.1. The quantitative estimate of drug-likeness (QED) is 0.319. The van der Waals surface area contributed by atoms with Gasteiger partial charge in [-0.05, 0) is 86.4 Å². The molecule has 2 amide bonds. The number of piperazine rings is 1. The molecule has 3 aromatic rings. The number of aromatic nitrogens is 2. The fraction of sp³-hybridized carbons (Fsp3) is 0.558. The Hall–Kier alpha value is -4.17. The number of methoxy groups -OCH3 is 1. The van der Waals surface area contributed by atoms with E-state index in [1.54, 1.807) is 7.11 Å². The Balaban J connectivity index is 1.21. The summed E-state index contributed by atoms with van der Waals surface area (Å²) < 4.78 is 12.0. The first-order valence-electron chi connectivity index (χ1n) is 20.2. The summed E-state index contributed by atoms with van der Waals surface area (Å²) in [6.45, 7) is 12.9. The number of benzene rings is 1. The van der Waals surface area contributed by atoms with E-state index in [2.05, 4.69) is 79.6 Å². The van der Waals surface area contributed by atoms with E-state index in [-0.39, 0.29) is 42.8 Å². The van der Waals surface area contributed by atoms with Gasteiger partial charge in [-0.15, -0.1) is 11.3 Å². The monoisotopic (exact) mass is 781 g/mol. The Labute approximate surface area is 334 Å². The summed E-state index contributed by atoms with van der Waals surface area (Å²) in [6, 6.07) is 7.42. The number of nitrogens with zero attached hydrogens (tertiary/aromatic N) is 5. The lowest BCUT2D eigenvalue weighted by Crippen LogP contribution is -2.60. The first kappa shape index (κ1) is 38.7. The van der Waals surface area contributed by atoms with E-state index in [1.807, 2.05) is 11.6 Å². The van der Waals surface area contributed by atoms with Gasteiger partial charge in [0.15, 0.2) is 0 Å². The Bertz CT molecular complexity index is 2040. The first-order valence-corrected chi connectivity index (χ1v) is 21.1. The molecule has 0 spiro atoms. The molecule has 5 heterocycles. The van der Waals surface area contributed by atoms with Gasteiger partial charge >= 0.3 is 5.97 Å². The minimum Gasteiger partial charge on any atom is -0.464 e. The van der Waals surface area contributed by atoms with E-state index in [4.69, 9.17) is 19.4 Å². The molecule has 5 atom stereocenters. The molecular weight excluding hydrogens is 727 g/mol. The van der Waals surface area contributed by atoms with Gasteiger partial charge in [0.2, 0.25) is 5.91 Å². The van der Waals surface area contributed by atoms with Crippen molar-refractivity contribution in [1.29, 1.82) is 0 Å². The standard InChI is InChI=1S/C43H55N7O5S/c1-25-16-30(25)40(51)46-36-20-38-45-37(23-56-38)28-10-9-27-17-32(33-19-29(22-44-39(33)26(2)54-6)49-14-12-48(5)13-15-49)34(31(27)18-28)21-43(3,4)24-55-42(53)35-8-7-11-50(47-35)41(36)52/h9-10,18-19,22-23,25-26,30,35-36,47H,7-8,11-17,20-21,24H2,1-6H3,(H,46,51)/t25-,26-,30-,35-,36-/m0/s1. The van der Waals surface area contributed by atoms with Crippen LogP contribution in [-0.2, 0) is 36.7 Å². The third-order valence-corrected chi connectivity index (χ3v) is 13.2. The van der Waals surface area contributed by atoms with E-state index < -0.39 is 17.5 Å². The third-order valence-electron chi connectivity index (χ3n) is 12.3. The number of fused-ring (bicyclic) bond motifs is 6. The number of nitrogens with one attached hydrogen (secondary N) is 2. The molecular formula is C43H55N7O5S. The van der Waals surface area contributed by atoms with E-state index >= 15 is 0 Å². The van der Waals surface area contributed by atoms with Crippen molar-refractivity contribution in [2.75, 3.05) is 58.4 Å². The van der Waals surface area contributed by atoms with Gasteiger partial charge in [0, 0.05) is 74.1 Å². The van der Waals surface area contributed by atoms with Crippen molar-refractivity contribution in [3.05, 3.63) is 63.2 Å². The minimum absolute atomic E-state index is 0.0829. The van der Waals surface area contributed by atoms with Gasteiger partial charge in [-0.2, -0.15) is 0 Å². The van der Waals surface area contributed by atoms with Crippen LogP contribution in [-0.4, -0.2) is 103 Å². The second-order valence-corrected chi connectivity index (χ2v) is 18.2. The van der Waals surface area contributed by atoms with Gasteiger partial charge in [0.25, 0.3) is 5.91 Å². The number of thiazole rings is 1. The Morgan fingerprint density at radius 1 is 1.11 bits per heavy atom. The zero-order valence-corrected chi connectivity index (χ0v) is 34.3. The number of likely N-dealkylation sites (N-methyl/N-ethyl adjacent to an activating group) is 1. The van der Waals surface area contributed by atoms with Crippen LogP contribution >= 0.6 is 11.3 Å². The molecule has 1 aromatic carbocycles. The average Bonchev–Trinajstić information content (AvgIpc) is 3.58. The number of esters is 1. The summed E-state index contributed by atoms with van der Waals surface area (Å²) in [5.74, 6) is -0.530. The van der Waals surface area contributed by atoms with Crippen molar-refractivity contribution in [3.63, 3.8) is 0 Å². The second-order valence-electron chi connectivity index (χ2n) is 17.3. The lowest BCUT2D eigenvalue weighted by molar-refractivity contribution is -0.155. The van der Waals surface area contributed by atoms with Crippen LogP contribution in [0.2, 0.25) is 0 Å². The highest BCUT2D eigenvalue weighted by Crippen LogP contribution is 2.47. The van der Waals surface area contributed by atoms with Crippen LogP contribution in [0.5, 0.6) is 0 Å². The summed E-state index contributed by atoms with van der Waals surface area (Å²) in [5.41, 5.74) is 12.5. The zero-order chi connectivity index (χ0) is 39.3. The lowest BCUT2D eigenvalue weighted by Gasteiger charge is -2.35. The number of hydrogen-bond donors (Lipinski definition) is 2. The molecule has 0 unspecified atom stereocenters. The number of rotatable bonds is 6. The number of pyridine rings is 1. The van der Waals surface area contributed by atoms with E-state index in [9.17, 15) is 14.4 Å². The molecule has 2 N–H and O–H groups in total. The molecule has 5 aliphatic rings. The van der Waals surface area contributed by atoms with Crippen molar-refractivity contribution in [3.8, 4) is 11.3 Å². The number of cyclic esters (lactones) is 1. The van der Waals surface area contributed by atoms with Crippen LogP contribution in [0.4, 0.5) is 5.69 Å². The molecule has 2 aliphatic carbocycles. The predicted octanol–water partition coefficient (Wildman–Crippen LogP) is 5.28. The molecule has 298 valence electrons. The smallest absolute Gasteiger partial charge is 0.324 e. The van der Waals surface area contributed by atoms with Crippen LogP contribution < -0.4 is 15.6 Å². The highest BCUT2D eigenvalue weighted by molar-refractivity contribution is 7.10. The van der Waals surface area contributed by atoms with Crippen LogP contribution in [0, 0.1) is 17.3 Å². The molecule has 3 fully saturated rings. The van der Waals surface area contributed by atoms with Gasteiger partial charge in [0.1, 0.15) is 12.1 Å². The summed E-state index contributed by atoms with van der Waals surface area (Å²) in [4.78, 5) is 55.9. The molecule has 2 saturated heterocycles. The predicted molar refractivity (Wildman–Crippen MR) is 218 cm³/mol. The number of hydrogen-bond acceptors (Lipinski definition) is 11. The molecule has 56 heavy (non-hydrogen) atoms. The van der Waals surface area contributed by atoms with Crippen molar-refractivity contribution in [2.24, 2.45) is 17.3 Å². The fourth-order valence-electron chi connectivity index (χ4n) is 8.55. The van der Waals surface area contributed by atoms with Gasteiger partial charge in [-0.1, -0.05) is 32.9 Å². The fourth-order valence-corrected chi connectivity index (χ4v) is 9.40. The average molecular weight is 782 g/mol. The van der Waals surface area contributed by atoms with Crippen LogP contribution in [0.3, 0.4) is 0 Å². The maximum Gasteiger partial charge on any atom is 0.324 e. The second kappa shape index (κ2) is 15.6. The Morgan fingerprint density at radius 3 is 2.64 bits per heavy atom. The number of hydrazine groups is 1. The Kier molecular flexibility index (Phi) is 10.8. The van der Waals surface area contributed by atoms with Gasteiger partial charge in [0.05, 0.1) is 41.0 Å². The summed E-state index contributed by atoms with van der Waals surface area (Å²) in [6.07, 6.45) is 5.46. The van der Waals surface area contributed by atoms with E-state index in [0.717, 1.165) is 77.8 Å². The normalized spacial score (nSPS) is 26.0. The number of carbonyl (C=O) groups excluding carboxylic acids is 3. The number of amides is 2. The topological polar surface area (TPSA) is 129 Å². The SMILES string of the molecule is CO[C@@H](C)c1ncc(N2CCN(C)CC2)cc1C1=C2CC(C)(C)COC(=O)[C@@H]3CCCN(N3)C(=O)[C@@H](NC(=O)[C@H]3C[C@@H]3C)Cc3nc(cs3)-c3ccc(c2c3)C1. The van der Waals surface area contributed by atoms with Gasteiger partial charge < -0.3 is 24.6 Å².